The molecule has 0 radical (unpaired) electrons. The van der Waals surface area contributed by atoms with Crippen LogP contribution in [0.15, 0.2) is 36.4 Å². The van der Waals surface area contributed by atoms with Gasteiger partial charge >= 0.3 is 11.9 Å². The molecular weight excluding hydrogens is 632 g/mol. The predicted molar refractivity (Wildman–Crippen MR) is 179 cm³/mol. The molecule has 0 aliphatic carbocycles. The number of ether oxygens (including phenoxy) is 4. The second kappa shape index (κ2) is 16.9. The molecule has 0 spiro atoms. The van der Waals surface area contributed by atoms with E-state index >= 15 is 0 Å². The van der Waals surface area contributed by atoms with Crippen molar-refractivity contribution in [3.63, 3.8) is 0 Å². The highest BCUT2D eigenvalue weighted by Gasteiger charge is 2.36. The van der Waals surface area contributed by atoms with Crippen molar-refractivity contribution in [3.8, 4) is 11.5 Å². The molecule has 4 aliphatic heterocycles. The summed E-state index contributed by atoms with van der Waals surface area (Å²) in [5, 5.41) is 40.6. The number of hydrogen-bond acceptors (Lipinski definition) is 11. The topological polar surface area (TPSA) is 169 Å². The first-order chi connectivity index (χ1) is 23.5. The van der Waals surface area contributed by atoms with Crippen molar-refractivity contribution in [1.29, 1.82) is 0 Å². The Morgan fingerprint density at radius 3 is 1.59 bits per heavy atom. The van der Waals surface area contributed by atoms with Gasteiger partial charge in [0.15, 0.2) is 0 Å². The van der Waals surface area contributed by atoms with Gasteiger partial charge in [-0.05, 0) is 81.5 Å². The van der Waals surface area contributed by atoms with Crippen LogP contribution in [0.1, 0.15) is 116 Å². The Kier molecular flexibility index (Phi) is 12.7. The van der Waals surface area contributed by atoms with Gasteiger partial charge in [-0.2, -0.15) is 0 Å². The Balaban J connectivity index is 0.000000191. The molecule has 2 aromatic rings. The summed E-state index contributed by atoms with van der Waals surface area (Å²) in [6.45, 7) is 3.60. The van der Waals surface area contributed by atoms with Crippen LogP contribution in [0.3, 0.4) is 0 Å². The molecule has 2 aromatic carbocycles. The lowest BCUT2D eigenvalue weighted by Gasteiger charge is -2.36. The first-order valence-electron chi connectivity index (χ1n) is 17.7. The smallest absolute Gasteiger partial charge is 0.342 e. The van der Waals surface area contributed by atoms with Gasteiger partial charge in [-0.15, -0.1) is 0 Å². The van der Waals surface area contributed by atoms with Crippen LogP contribution >= 0.6 is 0 Å². The minimum absolute atomic E-state index is 0.0267. The minimum atomic E-state index is -0.567. The molecule has 2 fully saturated rings. The molecule has 8 atom stereocenters. The maximum absolute atomic E-state index is 12.6. The molecule has 0 amide bonds. The van der Waals surface area contributed by atoms with E-state index in [1.165, 1.54) is 19.1 Å². The predicted octanol–water partition coefficient (Wildman–Crippen LogP) is 5.10. The molecule has 4 heterocycles. The Labute approximate surface area is 287 Å². The van der Waals surface area contributed by atoms with Gasteiger partial charge in [-0.25, -0.2) is 9.59 Å². The zero-order valence-corrected chi connectivity index (χ0v) is 28.4. The number of esters is 2. The number of rotatable bonds is 6. The highest BCUT2D eigenvalue weighted by molar-refractivity contribution is 5.95. The van der Waals surface area contributed by atoms with Gasteiger partial charge in [0.2, 0.25) is 0 Å². The SMILES string of the molecule is CC(=O)CCC1C[C@H]2CC(O)CC(Cc3cccc(O)c3C(=O)O1)O2.CCCCC1C[C@H]2CC(O)CC(Cc3cccc(O)c3C(=O)O1)O2. The number of hydrogen-bond donors (Lipinski definition) is 4. The summed E-state index contributed by atoms with van der Waals surface area (Å²) in [5.74, 6) is -1.17. The quantitative estimate of drug-likeness (QED) is 0.299. The summed E-state index contributed by atoms with van der Waals surface area (Å²) >= 11 is 0. The first kappa shape index (κ1) is 36.8. The molecule has 0 saturated carbocycles. The highest BCUT2D eigenvalue weighted by Crippen LogP contribution is 2.34. The second-order valence-electron chi connectivity index (χ2n) is 14.0. The van der Waals surface area contributed by atoms with Crippen LogP contribution in [0.5, 0.6) is 11.5 Å². The zero-order chi connectivity index (χ0) is 35.1. The fraction of sp³-hybridized carbons (Fsp3) is 0.605. The van der Waals surface area contributed by atoms with Gasteiger partial charge in [0.1, 0.15) is 40.6 Å². The van der Waals surface area contributed by atoms with Crippen LogP contribution in [-0.4, -0.2) is 87.0 Å². The van der Waals surface area contributed by atoms with Crippen molar-refractivity contribution in [3.05, 3.63) is 58.7 Å². The highest BCUT2D eigenvalue weighted by atomic mass is 16.6. The normalized spacial score (nSPS) is 29.9. The Morgan fingerprint density at radius 1 is 0.694 bits per heavy atom. The van der Waals surface area contributed by atoms with Gasteiger partial charge in [0.25, 0.3) is 0 Å². The molecule has 11 heteroatoms. The maximum Gasteiger partial charge on any atom is 0.342 e. The molecule has 49 heavy (non-hydrogen) atoms. The van der Waals surface area contributed by atoms with Gasteiger partial charge in [-0.1, -0.05) is 44.0 Å². The number of carbonyl (C=O) groups is 3. The van der Waals surface area contributed by atoms with E-state index in [2.05, 4.69) is 6.92 Å². The lowest BCUT2D eigenvalue weighted by Crippen LogP contribution is -2.40. The van der Waals surface area contributed by atoms with E-state index in [4.69, 9.17) is 18.9 Å². The monoisotopic (exact) mass is 682 g/mol. The van der Waals surface area contributed by atoms with Crippen molar-refractivity contribution in [2.24, 2.45) is 0 Å². The van der Waals surface area contributed by atoms with Crippen molar-refractivity contribution < 1.29 is 53.8 Å². The number of aromatic hydroxyl groups is 2. The van der Waals surface area contributed by atoms with Gasteiger partial charge < -0.3 is 44.2 Å². The lowest BCUT2D eigenvalue weighted by atomic mass is 9.91. The lowest BCUT2D eigenvalue weighted by molar-refractivity contribution is -0.120. The number of aliphatic hydroxyl groups is 2. The molecule has 6 rings (SSSR count). The van der Waals surface area contributed by atoms with E-state index in [0.29, 0.717) is 75.3 Å². The van der Waals surface area contributed by atoms with Crippen molar-refractivity contribution in [2.75, 3.05) is 0 Å². The molecule has 4 N–H and O–H groups in total. The first-order valence-corrected chi connectivity index (χ1v) is 17.7. The average Bonchev–Trinajstić information content (AvgIpc) is 3.01. The number of phenolic OH excluding ortho intramolecular Hbond substituents is 2. The number of cyclic esters (lactones) is 2. The van der Waals surface area contributed by atoms with Crippen LogP contribution in [0.4, 0.5) is 0 Å². The summed E-state index contributed by atoms with van der Waals surface area (Å²) in [6, 6.07) is 9.94. The van der Waals surface area contributed by atoms with E-state index in [1.54, 1.807) is 18.2 Å². The molecule has 4 bridgehead atoms. The fourth-order valence-electron chi connectivity index (χ4n) is 7.47. The third-order valence-corrected chi connectivity index (χ3v) is 9.77. The largest absolute Gasteiger partial charge is 0.507 e. The molecule has 0 aromatic heterocycles. The Bertz CT molecular complexity index is 1460. The Morgan fingerprint density at radius 2 is 1.14 bits per heavy atom. The summed E-state index contributed by atoms with van der Waals surface area (Å²) in [6.07, 6.45) is 5.32. The number of carbonyl (C=O) groups excluding carboxylic acids is 3. The summed E-state index contributed by atoms with van der Waals surface area (Å²) < 4.78 is 23.5. The minimum Gasteiger partial charge on any atom is -0.507 e. The van der Waals surface area contributed by atoms with Gasteiger partial charge in [-0.3, -0.25) is 0 Å². The van der Waals surface area contributed by atoms with Crippen molar-refractivity contribution in [2.45, 2.75) is 146 Å². The number of ketones is 1. The molecule has 6 unspecified atom stereocenters. The van der Waals surface area contributed by atoms with Crippen LogP contribution in [-0.2, 0) is 36.6 Å². The number of unbranched alkanes of at least 4 members (excludes halogenated alkanes) is 1. The summed E-state index contributed by atoms with van der Waals surface area (Å²) in [4.78, 5) is 36.6. The molecule has 4 aliphatic rings. The zero-order valence-electron chi connectivity index (χ0n) is 28.4. The van der Waals surface area contributed by atoms with E-state index in [0.717, 1.165) is 19.3 Å². The van der Waals surface area contributed by atoms with E-state index in [-0.39, 0.29) is 58.9 Å². The second-order valence-corrected chi connectivity index (χ2v) is 14.0. The van der Waals surface area contributed by atoms with Crippen molar-refractivity contribution >= 4 is 17.7 Å². The van der Waals surface area contributed by atoms with Crippen LogP contribution in [0.2, 0.25) is 0 Å². The van der Waals surface area contributed by atoms with Gasteiger partial charge in [0, 0.05) is 19.3 Å². The van der Waals surface area contributed by atoms with Crippen molar-refractivity contribution in [1.82, 2.24) is 0 Å². The number of aliphatic hydroxyl groups excluding tert-OH is 2. The average molecular weight is 683 g/mol. The van der Waals surface area contributed by atoms with E-state index in [1.807, 2.05) is 6.07 Å². The molecule has 268 valence electrons. The van der Waals surface area contributed by atoms with E-state index in [9.17, 15) is 34.8 Å². The summed E-state index contributed by atoms with van der Waals surface area (Å²) in [7, 11) is 0. The third kappa shape index (κ3) is 10.0. The van der Waals surface area contributed by atoms with E-state index < -0.39 is 30.3 Å². The number of phenols is 2. The number of benzene rings is 2. The van der Waals surface area contributed by atoms with Crippen LogP contribution in [0, 0.1) is 0 Å². The fourth-order valence-corrected chi connectivity index (χ4v) is 7.47. The Hall–Kier alpha value is -3.51. The standard InChI is InChI=1S/C19H24O6.C19H26O5/c1-11(20)5-6-14-10-16-9-13(21)8-15(24-16)7-12-3-2-4-17(22)18(12)19(23)25-14;1-2-3-6-14-11-16-10-13(20)9-15(23-16)8-12-5-4-7-17(21)18(12)19(22)24-14/h2-4,13-16,21-22H,5-10H2,1H3;4-5,7,13-16,20-21H,2-3,6,8-11H2,1H3/t2*13?,14?,15?,16-/m11/s1. The van der Waals surface area contributed by atoms with Crippen LogP contribution in [0.25, 0.3) is 0 Å². The molecule has 2 saturated heterocycles. The molecular formula is C38H50O11. The maximum atomic E-state index is 12.6. The molecule has 11 nitrogen and oxygen atoms in total. The number of fused-ring (bicyclic) bond motifs is 6. The van der Waals surface area contributed by atoms with Crippen LogP contribution < -0.4 is 0 Å². The third-order valence-electron chi connectivity index (χ3n) is 9.77. The number of Topliss-reactive ketones (excluding diaryl/α,β-unsaturated/α-hetero) is 1. The van der Waals surface area contributed by atoms with Gasteiger partial charge in [0.05, 0.1) is 36.6 Å². The summed E-state index contributed by atoms with van der Waals surface area (Å²) in [5.41, 5.74) is 1.75.